The van der Waals surface area contributed by atoms with Gasteiger partial charge in [-0.3, -0.25) is 0 Å². The van der Waals surface area contributed by atoms with Crippen molar-refractivity contribution < 1.29 is 4.74 Å². The molecule has 0 heterocycles. The zero-order valence-corrected chi connectivity index (χ0v) is 12.9. The molecule has 0 aromatic carbocycles. The van der Waals surface area contributed by atoms with Crippen LogP contribution >= 0.6 is 23.2 Å². The molecule has 104 valence electrons. The third-order valence-corrected chi connectivity index (χ3v) is 3.68. The van der Waals surface area contributed by atoms with Crippen molar-refractivity contribution in [2.75, 3.05) is 11.8 Å². The van der Waals surface area contributed by atoms with E-state index in [-0.39, 0.29) is 12.2 Å². The lowest BCUT2D eigenvalue weighted by atomic mass is 10.1. The SMILES string of the molecule is CCCCCC(CCl)OC(CCl)CCCCC. The number of halogens is 2. The van der Waals surface area contributed by atoms with Crippen LogP contribution in [0.25, 0.3) is 0 Å². The molecule has 0 radical (unpaired) electrons. The highest BCUT2D eigenvalue weighted by molar-refractivity contribution is 6.18. The summed E-state index contributed by atoms with van der Waals surface area (Å²) in [5.41, 5.74) is 0. The topological polar surface area (TPSA) is 9.23 Å². The van der Waals surface area contributed by atoms with Gasteiger partial charge in [-0.25, -0.2) is 0 Å². The van der Waals surface area contributed by atoms with Gasteiger partial charge in [0.2, 0.25) is 0 Å². The van der Waals surface area contributed by atoms with E-state index < -0.39 is 0 Å². The van der Waals surface area contributed by atoms with Crippen LogP contribution in [0, 0.1) is 0 Å². The molecule has 0 rings (SSSR count). The lowest BCUT2D eigenvalue weighted by Gasteiger charge is -2.22. The van der Waals surface area contributed by atoms with Crippen LogP contribution in [0.15, 0.2) is 0 Å². The van der Waals surface area contributed by atoms with Crippen molar-refractivity contribution in [2.24, 2.45) is 0 Å². The predicted molar refractivity (Wildman–Crippen MR) is 78.4 cm³/mol. The molecule has 0 saturated heterocycles. The Kier molecular flexibility index (Phi) is 13.4. The van der Waals surface area contributed by atoms with Crippen LogP contribution in [0.1, 0.15) is 65.2 Å². The Morgan fingerprint density at radius 1 is 0.765 bits per heavy atom. The van der Waals surface area contributed by atoms with Gasteiger partial charge in [-0.05, 0) is 12.8 Å². The Bertz CT molecular complexity index is 137. The molecule has 17 heavy (non-hydrogen) atoms. The lowest BCUT2D eigenvalue weighted by Crippen LogP contribution is -2.25. The van der Waals surface area contributed by atoms with Gasteiger partial charge in [-0.15, -0.1) is 23.2 Å². The highest BCUT2D eigenvalue weighted by Crippen LogP contribution is 2.15. The lowest BCUT2D eigenvalue weighted by molar-refractivity contribution is 0.00160. The molecule has 0 aliphatic rings. The van der Waals surface area contributed by atoms with Crippen molar-refractivity contribution in [2.45, 2.75) is 77.4 Å². The zero-order valence-electron chi connectivity index (χ0n) is 11.4. The van der Waals surface area contributed by atoms with Crippen molar-refractivity contribution in [3.63, 3.8) is 0 Å². The fraction of sp³-hybridized carbons (Fsp3) is 1.00. The summed E-state index contributed by atoms with van der Waals surface area (Å²) in [6.45, 7) is 4.42. The number of rotatable bonds is 12. The Morgan fingerprint density at radius 3 is 1.47 bits per heavy atom. The zero-order chi connectivity index (χ0) is 12.9. The first-order chi connectivity index (χ1) is 8.28. The molecule has 1 nitrogen and oxygen atoms in total. The molecule has 2 atom stereocenters. The summed E-state index contributed by atoms with van der Waals surface area (Å²) in [6, 6.07) is 0. The highest BCUT2D eigenvalue weighted by Gasteiger charge is 2.14. The fourth-order valence-corrected chi connectivity index (χ4v) is 2.33. The summed E-state index contributed by atoms with van der Waals surface area (Å²) in [5, 5.41) is 0. The maximum atomic E-state index is 5.98. The van der Waals surface area contributed by atoms with E-state index in [0.29, 0.717) is 11.8 Å². The smallest absolute Gasteiger partial charge is 0.0714 e. The number of hydrogen-bond donors (Lipinski definition) is 0. The van der Waals surface area contributed by atoms with Crippen LogP contribution in [-0.4, -0.2) is 24.0 Å². The molecule has 0 aliphatic heterocycles. The van der Waals surface area contributed by atoms with Crippen LogP contribution in [0.5, 0.6) is 0 Å². The number of hydrogen-bond acceptors (Lipinski definition) is 1. The van der Waals surface area contributed by atoms with Crippen molar-refractivity contribution in [1.29, 1.82) is 0 Å². The maximum absolute atomic E-state index is 5.98. The van der Waals surface area contributed by atoms with Crippen molar-refractivity contribution in [3.8, 4) is 0 Å². The quantitative estimate of drug-likeness (QED) is 0.345. The average Bonchev–Trinajstić information content (AvgIpc) is 2.36. The molecule has 0 N–H and O–H groups in total. The van der Waals surface area contributed by atoms with Gasteiger partial charge in [0.15, 0.2) is 0 Å². The van der Waals surface area contributed by atoms with Crippen LogP contribution < -0.4 is 0 Å². The Morgan fingerprint density at radius 2 is 1.18 bits per heavy atom. The van der Waals surface area contributed by atoms with Crippen molar-refractivity contribution >= 4 is 23.2 Å². The van der Waals surface area contributed by atoms with Gasteiger partial charge >= 0.3 is 0 Å². The van der Waals surface area contributed by atoms with Crippen molar-refractivity contribution in [1.82, 2.24) is 0 Å². The Hall–Kier alpha value is 0.540. The minimum absolute atomic E-state index is 0.189. The average molecular weight is 283 g/mol. The van der Waals surface area contributed by atoms with Gasteiger partial charge in [-0.1, -0.05) is 52.4 Å². The van der Waals surface area contributed by atoms with Crippen LogP contribution in [-0.2, 0) is 4.74 Å². The first kappa shape index (κ1) is 17.5. The van der Waals surface area contributed by atoms with E-state index in [4.69, 9.17) is 27.9 Å². The highest BCUT2D eigenvalue weighted by atomic mass is 35.5. The summed E-state index contributed by atoms with van der Waals surface area (Å²) in [7, 11) is 0. The second-order valence-corrected chi connectivity index (χ2v) is 5.30. The van der Waals surface area contributed by atoms with E-state index >= 15 is 0 Å². The molecule has 0 aromatic rings. The van der Waals surface area contributed by atoms with Gasteiger partial charge in [0.25, 0.3) is 0 Å². The molecule has 2 unspecified atom stereocenters. The first-order valence-corrected chi connectivity index (χ1v) is 8.12. The van der Waals surface area contributed by atoms with Gasteiger partial charge in [0.1, 0.15) is 0 Å². The number of ether oxygens (including phenoxy) is 1. The molecule has 0 aromatic heterocycles. The summed E-state index contributed by atoms with van der Waals surface area (Å²) >= 11 is 11.9. The van der Waals surface area contributed by atoms with Crippen molar-refractivity contribution in [3.05, 3.63) is 0 Å². The summed E-state index contributed by atoms with van der Waals surface area (Å²) in [6.07, 6.45) is 9.93. The van der Waals surface area contributed by atoms with Crippen LogP contribution in [0.3, 0.4) is 0 Å². The Balaban J connectivity index is 3.77. The minimum Gasteiger partial charge on any atom is -0.373 e. The molecule has 0 fully saturated rings. The molecule has 3 heteroatoms. The maximum Gasteiger partial charge on any atom is 0.0714 e. The fourth-order valence-electron chi connectivity index (χ4n) is 1.88. The normalized spacial score (nSPS) is 14.8. The summed E-state index contributed by atoms with van der Waals surface area (Å²) in [4.78, 5) is 0. The van der Waals surface area contributed by atoms with Crippen LogP contribution in [0.2, 0.25) is 0 Å². The number of alkyl halides is 2. The molecule has 0 spiro atoms. The molecular weight excluding hydrogens is 255 g/mol. The van der Waals surface area contributed by atoms with E-state index in [1.165, 1.54) is 38.5 Å². The minimum atomic E-state index is 0.189. The summed E-state index contributed by atoms with van der Waals surface area (Å²) < 4.78 is 5.98. The Labute approximate surface area is 117 Å². The molecule has 0 aliphatic carbocycles. The third-order valence-electron chi connectivity index (χ3n) is 2.99. The largest absolute Gasteiger partial charge is 0.373 e. The van der Waals surface area contributed by atoms with E-state index in [2.05, 4.69) is 13.8 Å². The number of unbranched alkanes of at least 4 members (excludes halogenated alkanes) is 4. The molecule has 0 amide bonds. The predicted octanol–water partition coefficient (Wildman–Crippen LogP) is 5.38. The second-order valence-electron chi connectivity index (χ2n) is 4.68. The van der Waals surface area contributed by atoms with Gasteiger partial charge in [0, 0.05) is 11.8 Å². The van der Waals surface area contributed by atoms with E-state index in [1.807, 2.05) is 0 Å². The molecule has 0 saturated carbocycles. The third kappa shape index (κ3) is 10.2. The second kappa shape index (κ2) is 13.0. The van der Waals surface area contributed by atoms with Gasteiger partial charge < -0.3 is 4.74 Å². The van der Waals surface area contributed by atoms with Gasteiger partial charge in [0.05, 0.1) is 12.2 Å². The first-order valence-electron chi connectivity index (χ1n) is 7.05. The monoisotopic (exact) mass is 282 g/mol. The standard InChI is InChI=1S/C14H28Cl2O/c1-3-5-7-9-13(11-15)17-14(12-16)10-8-6-4-2/h13-14H,3-12H2,1-2H3. The van der Waals surface area contributed by atoms with E-state index in [9.17, 15) is 0 Å². The van der Waals surface area contributed by atoms with E-state index in [1.54, 1.807) is 0 Å². The molecule has 0 bridgehead atoms. The van der Waals surface area contributed by atoms with Crippen LogP contribution in [0.4, 0.5) is 0 Å². The van der Waals surface area contributed by atoms with Gasteiger partial charge in [-0.2, -0.15) is 0 Å². The van der Waals surface area contributed by atoms with E-state index in [0.717, 1.165) is 12.8 Å². The summed E-state index contributed by atoms with van der Waals surface area (Å²) in [5.74, 6) is 1.18. The molecular formula is C14H28Cl2O.